The van der Waals surface area contributed by atoms with Crippen LogP contribution in [0, 0.1) is 6.92 Å². The molecule has 0 bridgehead atoms. The fourth-order valence-corrected chi connectivity index (χ4v) is 1.52. The lowest BCUT2D eigenvalue weighted by Crippen LogP contribution is -2.28. The monoisotopic (exact) mass is 249 g/mol. The van der Waals surface area contributed by atoms with Gasteiger partial charge in [0.2, 0.25) is 0 Å². The Kier molecular flexibility index (Phi) is 3.36. The van der Waals surface area contributed by atoms with E-state index in [0.717, 1.165) is 18.4 Å². The molecule has 2 rings (SSSR count). The molecule has 1 aliphatic carbocycles. The van der Waals surface area contributed by atoms with Gasteiger partial charge in [-0.15, -0.1) is 0 Å². The van der Waals surface area contributed by atoms with Crippen LogP contribution in [0.25, 0.3) is 0 Å². The summed E-state index contributed by atoms with van der Waals surface area (Å²) in [4.78, 5) is 22.2. The molecule has 2 amide bonds. The summed E-state index contributed by atoms with van der Waals surface area (Å²) in [5.74, 6) is -0.129. The third-order valence-corrected chi connectivity index (χ3v) is 2.72. The average molecular weight is 249 g/mol. The molecule has 1 saturated carbocycles. The first-order chi connectivity index (χ1) is 8.56. The van der Waals surface area contributed by atoms with E-state index < -0.39 is 6.09 Å². The molecule has 0 saturated heterocycles. The number of hydrogen-bond donors (Lipinski definition) is 4. The quantitative estimate of drug-likeness (QED) is 0.608. The number of carbonyl (C=O) groups is 2. The third-order valence-electron chi connectivity index (χ3n) is 2.72. The lowest BCUT2D eigenvalue weighted by Gasteiger charge is -2.11. The van der Waals surface area contributed by atoms with E-state index in [0.29, 0.717) is 17.3 Å². The fraction of sp³-hybridized carbons (Fsp3) is 0.333. The molecule has 6 nitrogen and oxygen atoms in total. The van der Waals surface area contributed by atoms with Gasteiger partial charge in [-0.25, -0.2) is 10.2 Å². The van der Waals surface area contributed by atoms with E-state index in [-0.39, 0.29) is 5.91 Å². The van der Waals surface area contributed by atoms with Crippen molar-refractivity contribution < 1.29 is 14.7 Å². The third kappa shape index (κ3) is 3.13. The van der Waals surface area contributed by atoms with Crippen molar-refractivity contribution in [2.24, 2.45) is 0 Å². The van der Waals surface area contributed by atoms with Crippen LogP contribution < -0.4 is 16.2 Å². The molecule has 1 aliphatic rings. The smallest absolute Gasteiger partial charge is 0.423 e. The Morgan fingerprint density at radius 2 is 2.06 bits per heavy atom. The number of carboxylic acid groups (broad SMARTS) is 1. The van der Waals surface area contributed by atoms with Crippen molar-refractivity contribution in [2.75, 3.05) is 5.43 Å². The SMILES string of the molecule is Cc1ccc(C(=O)NC2CC2)cc1NNC(=O)O. The molecule has 0 aromatic heterocycles. The van der Waals surface area contributed by atoms with E-state index in [2.05, 4.69) is 16.2 Å². The number of rotatable bonds is 4. The van der Waals surface area contributed by atoms with Crippen LogP contribution >= 0.6 is 0 Å². The van der Waals surface area contributed by atoms with Gasteiger partial charge < -0.3 is 10.4 Å². The summed E-state index contributed by atoms with van der Waals surface area (Å²) < 4.78 is 0. The summed E-state index contributed by atoms with van der Waals surface area (Å²) in [6.07, 6.45) is 0.884. The van der Waals surface area contributed by atoms with Gasteiger partial charge in [-0.2, -0.15) is 0 Å². The van der Waals surface area contributed by atoms with Crippen molar-refractivity contribution in [3.8, 4) is 0 Å². The second-order valence-electron chi connectivity index (χ2n) is 4.33. The first-order valence-corrected chi connectivity index (χ1v) is 5.73. The fourth-order valence-electron chi connectivity index (χ4n) is 1.52. The maximum absolute atomic E-state index is 11.8. The van der Waals surface area contributed by atoms with E-state index >= 15 is 0 Å². The number of nitrogens with one attached hydrogen (secondary N) is 3. The molecule has 0 aliphatic heterocycles. The number of amides is 2. The molecule has 0 unspecified atom stereocenters. The predicted octanol–water partition coefficient (Wildman–Crippen LogP) is 1.48. The van der Waals surface area contributed by atoms with Gasteiger partial charge in [0.15, 0.2) is 0 Å². The number of benzene rings is 1. The highest BCUT2D eigenvalue weighted by Gasteiger charge is 2.23. The van der Waals surface area contributed by atoms with Crippen LogP contribution in [0.5, 0.6) is 0 Å². The lowest BCUT2D eigenvalue weighted by molar-refractivity contribution is 0.0951. The predicted molar refractivity (Wildman–Crippen MR) is 66.5 cm³/mol. The highest BCUT2D eigenvalue weighted by Crippen LogP contribution is 2.21. The van der Waals surface area contributed by atoms with Gasteiger partial charge in [0.1, 0.15) is 0 Å². The summed E-state index contributed by atoms with van der Waals surface area (Å²) in [6.45, 7) is 1.83. The summed E-state index contributed by atoms with van der Waals surface area (Å²) in [7, 11) is 0. The second kappa shape index (κ2) is 4.95. The molecule has 0 heterocycles. The minimum Gasteiger partial charge on any atom is -0.464 e. The topological polar surface area (TPSA) is 90.5 Å². The van der Waals surface area contributed by atoms with Crippen LogP contribution in [0.3, 0.4) is 0 Å². The van der Waals surface area contributed by atoms with Gasteiger partial charge in [-0.3, -0.25) is 10.2 Å². The molecule has 6 heteroatoms. The lowest BCUT2D eigenvalue weighted by atomic mass is 10.1. The van der Waals surface area contributed by atoms with Crippen molar-refractivity contribution in [1.29, 1.82) is 0 Å². The van der Waals surface area contributed by atoms with E-state index in [9.17, 15) is 9.59 Å². The number of anilines is 1. The normalized spacial score (nSPS) is 13.8. The zero-order valence-corrected chi connectivity index (χ0v) is 9.99. The van der Waals surface area contributed by atoms with E-state index in [4.69, 9.17) is 5.11 Å². The molecule has 96 valence electrons. The highest BCUT2D eigenvalue weighted by molar-refractivity contribution is 5.95. The Labute approximate surface area is 104 Å². The molecule has 1 aromatic rings. The summed E-state index contributed by atoms with van der Waals surface area (Å²) >= 11 is 0. The Balaban J connectivity index is 2.08. The van der Waals surface area contributed by atoms with Crippen LogP contribution in [0.2, 0.25) is 0 Å². The number of hydrazine groups is 1. The first kappa shape index (κ1) is 12.2. The molecular weight excluding hydrogens is 234 g/mol. The molecule has 1 aromatic carbocycles. The molecule has 0 radical (unpaired) electrons. The minimum atomic E-state index is -1.18. The van der Waals surface area contributed by atoms with Gasteiger partial charge >= 0.3 is 6.09 Å². The Morgan fingerprint density at radius 1 is 1.33 bits per heavy atom. The summed E-state index contributed by atoms with van der Waals surface area (Å²) in [6, 6.07) is 5.42. The van der Waals surface area contributed by atoms with Crippen LogP contribution in [0.4, 0.5) is 10.5 Å². The van der Waals surface area contributed by atoms with Gasteiger partial charge in [-0.1, -0.05) is 6.07 Å². The molecular formula is C12H15N3O3. The maximum atomic E-state index is 11.8. The van der Waals surface area contributed by atoms with Crippen molar-refractivity contribution in [1.82, 2.24) is 10.7 Å². The zero-order chi connectivity index (χ0) is 13.1. The van der Waals surface area contributed by atoms with Crippen molar-refractivity contribution >= 4 is 17.7 Å². The molecule has 0 spiro atoms. The van der Waals surface area contributed by atoms with Gasteiger partial charge in [0.05, 0.1) is 5.69 Å². The second-order valence-corrected chi connectivity index (χ2v) is 4.33. The first-order valence-electron chi connectivity index (χ1n) is 5.73. The van der Waals surface area contributed by atoms with E-state index in [1.54, 1.807) is 18.2 Å². The van der Waals surface area contributed by atoms with Crippen LogP contribution in [-0.2, 0) is 0 Å². The Hall–Kier alpha value is -2.24. The standard InChI is InChI=1S/C12H15N3O3/c1-7-2-3-8(11(16)13-9-4-5-9)6-10(7)14-15-12(17)18/h2-3,6,9,14-15H,4-5H2,1H3,(H,13,16)(H,17,18). The van der Waals surface area contributed by atoms with Gasteiger partial charge in [0, 0.05) is 11.6 Å². The van der Waals surface area contributed by atoms with Crippen molar-refractivity contribution in [3.05, 3.63) is 29.3 Å². The van der Waals surface area contributed by atoms with Crippen LogP contribution in [0.15, 0.2) is 18.2 Å². The highest BCUT2D eigenvalue weighted by atomic mass is 16.4. The molecule has 18 heavy (non-hydrogen) atoms. The Morgan fingerprint density at radius 3 is 2.67 bits per heavy atom. The molecule has 1 fully saturated rings. The Bertz CT molecular complexity index is 483. The maximum Gasteiger partial charge on any atom is 0.423 e. The van der Waals surface area contributed by atoms with E-state index in [1.807, 2.05) is 6.92 Å². The van der Waals surface area contributed by atoms with E-state index in [1.165, 1.54) is 0 Å². The van der Waals surface area contributed by atoms with Crippen molar-refractivity contribution in [3.63, 3.8) is 0 Å². The van der Waals surface area contributed by atoms with Gasteiger partial charge in [0.25, 0.3) is 5.91 Å². The minimum absolute atomic E-state index is 0.129. The van der Waals surface area contributed by atoms with Gasteiger partial charge in [-0.05, 0) is 37.5 Å². The largest absolute Gasteiger partial charge is 0.464 e. The number of carbonyl (C=O) groups excluding carboxylic acids is 1. The summed E-state index contributed by atoms with van der Waals surface area (Å²) in [5, 5.41) is 11.4. The summed E-state index contributed by atoms with van der Waals surface area (Å²) in [5.41, 5.74) is 6.54. The molecule has 0 atom stereocenters. The number of aryl methyl sites for hydroxylation is 1. The molecule has 4 N–H and O–H groups in total. The van der Waals surface area contributed by atoms with Crippen LogP contribution in [0.1, 0.15) is 28.8 Å². The van der Waals surface area contributed by atoms with Crippen molar-refractivity contribution in [2.45, 2.75) is 25.8 Å². The van der Waals surface area contributed by atoms with Crippen LogP contribution in [-0.4, -0.2) is 23.1 Å². The number of hydrogen-bond acceptors (Lipinski definition) is 3. The zero-order valence-electron chi connectivity index (χ0n) is 9.99. The average Bonchev–Trinajstić information content (AvgIpc) is 3.11.